The lowest BCUT2D eigenvalue weighted by Crippen LogP contribution is -2.25. The summed E-state index contributed by atoms with van der Waals surface area (Å²) in [5.41, 5.74) is 8.89. The van der Waals surface area contributed by atoms with E-state index in [1.54, 1.807) is 24.3 Å². The number of aromatic amines is 1. The molecule has 0 aromatic carbocycles. The van der Waals surface area contributed by atoms with Gasteiger partial charge < -0.3 is 20.3 Å². The fourth-order valence-corrected chi connectivity index (χ4v) is 5.48. The number of nitrogens with one attached hydrogen (secondary N) is 1. The number of hydrogen-bond acceptors (Lipinski definition) is 7. The molecule has 0 radical (unpaired) electrons. The highest BCUT2D eigenvalue weighted by Crippen LogP contribution is 2.35. The van der Waals surface area contributed by atoms with Crippen molar-refractivity contribution in [2.24, 2.45) is 15.0 Å². The summed E-state index contributed by atoms with van der Waals surface area (Å²) < 4.78 is 0. The maximum absolute atomic E-state index is 12.1. The molecule has 4 aliphatic rings. The van der Waals surface area contributed by atoms with Gasteiger partial charge >= 0.3 is 11.9 Å². The first-order valence-corrected chi connectivity index (χ1v) is 13.5. The van der Waals surface area contributed by atoms with E-state index < -0.39 is 11.9 Å². The van der Waals surface area contributed by atoms with E-state index in [9.17, 15) is 29.7 Å². The molecule has 10 nitrogen and oxygen atoms in total. The Balaban J connectivity index is 1.82. The lowest BCUT2D eigenvalue weighted by Gasteiger charge is -2.07. The molecule has 0 amide bonds. The van der Waals surface area contributed by atoms with Gasteiger partial charge in [0.1, 0.15) is 0 Å². The molecule has 5 heterocycles. The van der Waals surface area contributed by atoms with Crippen molar-refractivity contribution in [2.45, 2.75) is 53.4 Å². The average molecular weight is 567 g/mol. The molecule has 5 rings (SSSR count). The normalized spacial score (nSPS) is 18.4. The molecule has 42 heavy (non-hydrogen) atoms. The van der Waals surface area contributed by atoms with Crippen LogP contribution >= 0.6 is 0 Å². The second-order valence-electron chi connectivity index (χ2n) is 10.5. The minimum Gasteiger partial charge on any atom is -0.515 e. The number of carboxylic acids is 2. The summed E-state index contributed by atoms with van der Waals surface area (Å²) in [6.07, 6.45) is 9.19. The third-order valence-electron chi connectivity index (χ3n) is 7.98. The molecule has 0 saturated carbocycles. The zero-order valence-corrected chi connectivity index (χ0v) is 23.7. The number of rotatable bonds is 7. The number of fused-ring (bicyclic) bond motifs is 5. The van der Waals surface area contributed by atoms with Crippen LogP contribution in [-0.2, 0) is 14.4 Å². The largest absolute Gasteiger partial charge is 0.515 e. The summed E-state index contributed by atoms with van der Waals surface area (Å²) in [6, 6.07) is 0. The van der Waals surface area contributed by atoms with Gasteiger partial charge in [0.25, 0.3) is 0 Å². The number of aliphatic hydroxyl groups excluding tert-OH is 1. The van der Waals surface area contributed by atoms with Crippen molar-refractivity contribution in [1.29, 1.82) is 0 Å². The highest BCUT2D eigenvalue weighted by atomic mass is 16.4. The van der Waals surface area contributed by atoms with Crippen LogP contribution in [0, 0.1) is 6.92 Å². The van der Waals surface area contributed by atoms with Gasteiger partial charge in [0, 0.05) is 29.3 Å². The number of hydrogen-bond donors (Lipinski definition) is 4. The van der Waals surface area contributed by atoms with Crippen LogP contribution in [0.15, 0.2) is 77.7 Å². The molecule has 0 unspecified atom stereocenters. The second kappa shape index (κ2) is 11.0. The molecule has 8 bridgehead atoms. The van der Waals surface area contributed by atoms with E-state index in [1.807, 2.05) is 27.7 Å². The minimum absolute atomic E-state index is 0.0926. The Morgan fingerprint density at radius 2 is 1.36 bits per heavy atom. The number of aliphatic hydroxyl groups is 1. The van der Waals surface area contributed by atoms with E-state index in [4.69, 9.17) is 15.0 Å². The first kappa shape index (κ1) is 28.4. The number of aldehydes is 1. The predicted molar refractivity (Wildman–Crippen MR) is 161 cm³/mol. The van der Waals surface area contributed by atoms with Crippen LogP contribution in [0.1, 0.15) is 57.7 Å². The monoisotopic (exact) mass is 566 g/mol. The summed E-state index contributed by atoms with van der Waals surface area (Å²) in [5.74, 6) is -1.87. The molecule has 0 saturated heterocycles. The number of carbonyl (C=O) groups is 3. The summed E-state index contributed by atoms with van der Waals surface area (Å²) in [6.45, 7) is 7.40. The zero-order valence-electron chi connectivity index (χ0n) is 23.7. The quantitative estimate of drug-likeness (QED) is 0.367. The van der Waals surface area contributed by atoms with Crippen LogP contribution in [0.3, 0.4) is 0 Å². The van der Waals surface area contributed by atoms with Crippen LogP contribution in [0.25, 0.3) is 18.4 Å². The number of aliphatic carboxylic acids is 2. The predicted octanol–water partition coefficient (Wildman–Crippen LogP) is 3.76. The van der Waals surface area contributed by atoms with E-state index in [1.165, 1.54) is 0 Å². The maximum Gasteiger partial charge on any atom is 0.303 e. The SMILES string of the molecule is CC1=C(C=O)C2=Cc3[nH]c(/c(=C/O)c3C)=CC3=NC(=CC4=NC(=CC1=N2)C(C)=C4CCC(=O)O)C(CCC(=O)O)=C3C. The molecular weight excluding hydrogens is 536 g/mol. The van der Waals surface area contributed by atoms with E-state index >= 15 is 0 Å². The van der Waals surface area contributed by atoms with Gasteiger partial charge in [-0.2, -0.15) is 0 Å². The Morgan fingerprint density at radius 3 is 2.00 bits per heavy atom. The minimum atomic E-state index is -0.937. The Labute approximate surface area is 241 Å². The molecule has 10 heteroatoms. The maximum atomic E-state index is 12.1. The number of allylic oxidation sites excluding steroid dienone is 8. The molecule has 4 aliphatic heterocycles. The van der Waals surface area contributed by atoms with Crippen LogP contribution < -0.4 is 10.6 Å². The van der Waals surface area contributed by atoms with Gasteiger partial charge in [-0.1, -0.05) is 0 Å². The summed E-state index contributed by atoms with van der Waals surface area (Å²) in [5, 5.41) is 30.1. The fourth-order valence-electron chi connectivity index (χ4n) is 5.48. The number of aliphatic imine (C=N–C) groups is 3. The van der Waals surface area contributed by atoms with Gasteiger partial charge in [0.15, 0.2) is 6.29 Å². The standard InChI is InChI=1S/C32H30N4O6/c1-15-19(5-7-31(39)40)27-12-28-20(6-8-32(41)42)16(2)25(34-28)10-29-22(14-38)18(4)26(36-29)11-30-21(13-37)17(3)24(35-30)9-23(15)33-27/h9-14,36,38H,5-8H2,1-4H3,(H,39,40)(H,41,42)/b22-14+,23-9?,28-12?,29-10?,30-11?. The smallest absolute Gasteiger partial charge is 0.303 e. The van der Waals surface area contributed by atoms with Crippen LogP contribution in [0.2, 0.25) is 0 Å². The molecule has 0 aliphatic carbocycles. The average Bonchev–Trinajstić information content (AvgIpc) is 3.59. The third kappa shape index (κ3) is 5.07. The number of carboxylic acid groups (broad SMARTS) is 2. The molecule has 1 aromatic rings. The fraction of sp³-hybridized carbons (Fsp3) is 0.250. The Kier molecular flexibility index (Phi) is 7.47. The molecular formula is C32H30N4O6. The van der Waals surface area contributed by atoms with Crippen molar-refractivity contribution >= 4 is 53.8 Å². The van der Waals surface area contributed by atoms with E-state index in [-0.39, 0.29) is 25.7 Å². The first-order chi connectivity index (χ1) is 20.0. The molecule has 4 N–H and O–H groups in total. The van der Waals surface area contributed by atoms with Crippen LogP contribution in [0.5, 0.6) is 0 Å². The van der Waals surface area contributed by atoms with Crippen LogP contribution in [-0.4, -0.2) is 55.7 Å². The number of aromatic nitrogens is 1. The van der Waals surface area contributed by atoms with Gasteiger partial charge in [-0.15, -0.1) is 0 Å². The zero-order chi connectivity index (χ0) is 30.3. The molecule has 0 fully saturated rings. The third-order valence-corrected chi connectivity index (χ3v) is 7.98. The lowest BCUT2D eigenvalue weighted by atomic mass is 9.96. The molecule has 1 aromatic heterocycles. The van der Waals surface area contributed by atoms with Crippen molar-refractivity contribution in [3.8, 4) is 0 Å². The number of nitrogens with zero attached hydrogens (tertiary/aromatic N) is 3. The lowest BCUT2D eigenvalue weighted by molar-refractivity contribution is -0.137. The number of H-pyrrole nitrogens is 1. The van der Waals surface area contributed by atoms with Crippen molar-refractivity contribution in [3.05, 3.63) is 84.5 Å². The van der Waals surface area contributed by atoms with E-state index in [2.05, 4.69) is 4.98 Å². The Bertz CT molecular complexity index is 1880. The van der Waals surface area contributed by atoms with Crippen molar-refractivity contribution in [1.82, 2.24) is 4.98 Å². The Hall–Kier alpha value is -5.12. The second-order valence-corrected chi connectivity index (χ2v) is 10.5. The van der Waals surface area contributed by atoms with E-state index in [0.29, 0.717) is 61.6 Å². The van der Waals surface area contributed by atoms with Gasteiger partial charge in [0.05, 0.1) is 45.8 Å². The Morgan fingerprint density at radius 1 is 0.762 bits per heavy atom. The topological polar surface area (TPSA) is 165 Å². The van der Waals surface area contributed by atoms with Gasteiger partial charge in [-0.3, -0.25) is 14.4 Å². The van der Waals surface area contributed by atoms with Crippen molar-refractivity contribution < 1.29 is 29.7 Å². The van der Waals surface area contributed by atoms with E-state index in [0.717, 1.165) is 40.4 Å². The highest BCUT2D eigenvalue weighted by Gasteiger charge is 2.27. The van der Waals surface area contributed by atoms with Crippen LogP contribution in [0.4, 0.5) is 0 Å². The van der Waals surface area contributed by atoms with Gasteiger partial charge in [0.2, 0.25) is 0 Å². The summed E-state index contributed by atoms with van der Waals surface area (Å²) in [7, 11) is 0. The molecule has 214 valence electrons. The molecule has 0 atom stereocenters. The van der Waals surface area contributed by atoms with Crippen molar-refractivity contribution in [2.75, 3.05) is 0 Å². The van der Waals surface area contributed by atoms with Crippen molar-refractivity contribution in [3.63, 3.8) is 0 Å². The summed E-state index contributed by atoms with van der Waals surface area (Å²) in [4.78, 5) is 52.8. The van der Waals surface area contributed by atoms with Gasteiger partial charge in [-0.25, -0.2) is 15.0 Å². The summed E-state index contributed by atoms with van der Waals surface area (Å²) >= 11 is 0. The number of carbonyl (C=O) groups excluding carboxylic acids is 1. The highest BCUT2D eigenvalue weighted by molar-refractivity contribution is 6.24. The first-order valence-electron chi connectivity index (χ1n) is 13.5. The van der Waals surface area contributed by atoms with Gasteiger partial charge in [-0.05, 0) is 98.3 Å². The molecule has 0 spiro atoms.